The van der Waals surface area contributed by atoms with Crippen molar-refractivity contribution in [2.75, 3.05) is 18.4 Å². The van der Waals surface area contributed by atoms with Crippen molar-refractivity contribution in [2.24, 2.45) is 0 Å². The molecule has 4 nitrogen and oxygen atoms in total. The molecular weight excluding hydrogens is 306 g/mol. The summed E-state index contributed by atoms with van der Waals surface area (Å²) in [7, 11) is 0. The van der Waals surface area contributed by atoms with E-state index in [0.29, 0.717) is 13.1 Å². The Balaban J connectivity index is 1.98. The van der Waals surface area contributed by atoms with Gasteiger partial charge in [-0.2, -0.15) is 0 Å². The lowest BCUT2D eigenvalue weighted by Crippen LogP contribution is -2.26. The van der Waals surface area contributed by atoms with Gasteiger partial charge in [0.15, 0.2) is 0 Å². The van der Waals surface area contributed by atoms with Gasteiger partial charge in [0, 0.05) is 41.5 Å². The standard InChI is InChI=1S/C18H19N3OS/c1-12-17(16-8-5-11-23-16)14-6-3-4-7-15(14)18(21-12)20-10-9-19-13(2)22/h3-8,11H,9-10H2,1-2H3,(H,19,22)(H,20,21). The number of carbonyl (C=O) groups excluding carboxylic acids is 1. The van der Waals surface area contributed by atoms with Crippen LogP contribution >= 0.6 is 11.3 Å². The molecule has 0 bridgehead atoms. The molecule has 1 aromatic carbocycles. The van der Waals surface area contributed by atoms with Gasteiger partial charge in [-0.15, -0.1) is 11.3 Å². The van der Waals surface area contributed by atoms with E-state index in [-0.39, 0.29) is 5.91 Å². The summed E-state index contributed by atoms with van der Waals surface area (Å²) < 4.78 is 0. The highest BCUT2D eigenvalue weighted by Crippen LogP contribution is 2.36. The molecule has 0 atom stereocenters. The molecule has 0 fully saturated rings. The Labute approximate surface area is 139 Å². The SMILES string of the molecule is CC(=O)NCCNc1nc(C)c(-c2cccs2)c2ccccc12. The third kappa shape index (κ3) is 3.35. The van der Waals surface area contributed by atoms with E-state index in [0.717, 1.165) is 16.9 Å². The minimum Gasteiger partial charge on any atom is -0.368 e. The zero-order chi connectivity index (χ0) is 16.2. The van der Waals surface area contributed by atoms with Crippen molar-refractivity contribution in [2.45, 2.75) is 13.8 Å². The van der Waals surface area contributed by atoms with Gasteiger partial charge in [0.1, 0.15) is 5.82 Å². The van der Waals surface area contributed by atoms with Gasteiger partial charge in [-0.1, -0.05) is 30.3 Å². The Morgan fingerprint density at radius 3 is 2.61 bits per heavy atom. The van der Waals surface area contributed by atoms with Gasteiger partial charge in [-0.3, -0.25) is 4.79 Å². The summed E-state index contributed by atoms with van der Waals surface area (Å²) in [5.41, 5.74) is 2.20. The first-order valence-electron chi connectivity index (χ1n) is 7.58. The van der Waals surface area contributed by atoms with E-state index < -0.39 is 0 Å². The first kappa shape index (κ1) is 15.5. The fourth-order valence-corrected chi connectivity index (χ4v) is 3.51. The summed E-state index contributed by atoms with van der Waals surface area (Å²) >= 11 is 1.73. The monoisotopic (exact) mass is 325 g/mol. The molecule has 118 valence electrons. The summed E-state index contributed by atoms with van der Waals surface area (Å²) in [6.07, 6.45) is 0. The lowest BCUT2D eigenvalue weighted by molar-refractivity contribution is -0.118. The van der Waals surface area contributed by atoms with Crippen LogP contribution in [0.3, 0.4) is 0 Å². The van der Waals surface area contributed by atoms with E-state index in [1.54, 1.807) is 11.3 Å². The van der Waals surface area contributed by atoms with E-state index in [1.165, 1.54) is 22.8 Å². The Morgan fingerprint density at radius 1 is 1.13 bits per heavy atom. The van der Waals surface area contributed by atoms with Crippen LogP contribution < -0.4 is 10.6 Å². The lowest BCUT2D eigenvalue weighted by Gasteiger charge is -2.14. The average molecular weight is 325 g/mol. The lowest BCUT2D eigenvalue weighted by atomic mass is 10.0. The Hall–Kier alpha value is -2.40. The van der Waals surface area contributed by atoms with Crippen LogP contribution in [0.15, 0.2) is 41.8 Å². The molecule has 5 heteroatoms. The smallest absolute Gasteiger partial charge is 0.216 e. The third-order valence-electron chi connectivity index (χ3n) is 3.65. The molecule has 1 amide bonds. The maximum atomic E-state index is 10.9. The Morgan fingerprint density at radius 2 is 1.91 bits per heavy atom. The highest BCUT2D eigenvalue weighted by Gasteiger charge is 2.13. The van der Waals surface area contributed by atoms with Crippen molar-refractivity contribution < 1.29 is 4.79 Å². The molecule has 0 aliphatic heterocycles. The Bertz CT molecular complexity index is 828. The van der Waals surface area contributed by atoms with Gasteiger partial charge in [-0.05, 0) is 23.8 Å². The predicted octanol–water partition coefficient (Wildman–Crippen LogP) is 3.82. The topological polar surface area (TPSA) is 54.0 Å². The van der Waals surface area contributed by atoms with Crippen molar-refractivity contribution in [3.63, 3.8) is 0 Å². The number of hydrogen-bond acceptors (Lipinski definition) is 4. The number of carbonyl (C=O) groups is 1. The number of hydrogen-bond donors (Lipinski definition) is 2. The Kier molecular flexibility index (Phi) is 4.57. The number of aromatic nitrogens is 1. The second-order valence-electron chi connectivity index (χ2n) is 5.35. The van der Waals surface area contributed by atoms with Gasteiger partial charge in [0.05, 0.1) is 0 Å². The largest absolute Gasteiger partial charge is 0.368 e. The highest BCUT2D eigenvalue weighted by molar-refractivity contribution is 7.13. The quantitative estimate of drug-likeness (QED) is 0.701. The number of nitrogens with one attached hydrogen (secondary N) is 2. The van der Waals surface area contributed by atoms with Crippen LogP contribution in [0, 0.1) is 6.92 Å². The number of anilines is 1. The molecular formula is C18H19N3OS. The van der Waals surface area contributed by atoms with Gasteiger partial charge in [-0.25, -0.2) is 4.98 Å². The summed E-state index contributed by atoms with van der Waals surface area (Å²) in [4.78, 5) is 16.9. The summed E-state index contributed by atoms with van der Waals surface area (Å²) in [5, 5.41) is 10.5. The number of rotatable bonds is 5. The van der Waals surface area contributed by atoms with E-state index in [2.05, 4.69) is 46.3 Å². The summed E-state index contributed by atoms with van der Waals surface area (Å²) in [5.74, 6) is 0.845. The first-order chi connectivity index (χ1) is 11.2. The van der Waals surface area contributed by atoms with Crippen LogP contribution in [0.25, 0.3) is 21.2 Å². The van der Waals surface area contributed by atoms with Gasteiger partial charge in [0.2, 0.25) is 5.91 Å². The van der Waals surface area contributed by atoms with Crippen molar-refractivity contribution in [3.8, 4) is 10.4 Å². The number of thiophene rings is 1. The summed E-state index contributed by atoms with van der Waals surface area (Å²) in [6.45, 7) is 4.79. The van der Waals surface area contributed by atoms with Crippen molar-refractivity contribution in [3.05, 3.63) is 47.5 Å². The molecule has 0 radical (unpaired) electrons. The highest BCUT2D eigenvalue weighted by atomic mass is 32.1. The van der Waals surface area contributed by atoms with Crippen molar-refractivity contribution in [1.29, 1.82) is 0 Å². The molecule has 3 rings (SSSR count). The third-order valence-corrected chi connectivity index (χ3v) is 4.54. The van der Waals surface area contributed by atoms with Crippen LogP contribution in [0.2, 0.25) is 0 Å². The minimum atomic E-state index is -0.0196. The molecule has 2 heterocycles. The number of nitrogens with zero attached hydrogens (tertiary/aromatic N) is 1. The van der Waals surface area contributed by atoms with Gasteiger partial charge < -0.3 is 10.6 Å². The van der Waals surface area contributed by atoms with Crippen LogP contribution in [0.1, 0.15) is 12.6 Å². The number of benzene rings is 1. The molecule has 0 aliphatic carbocycles. The van der Waals surface area contributed by atoms with E-state index in [1.807, 2.05) is 13.0 Å². The molecule has 0 saturated heterocycles. The van der Waals surface area contributed by atoms with E-state index >= 15 is 0 Å². The molecule has 2 aromatic heterocycles. The molecule has 0 unspecified atom stereocenters. The van der Waals surface area contributed by atoms with Crippen LogP contribution in [0.4, 0.5) is 5.82 Å². The van der Waals surface area contributed by atoms with Crippen LogP contribution in [-0.4, -0.2) is 24.0 Å². The number of fused-ring (bicyclic) bond motifs is 1. The zero-order valence-electron chi connectivity index (χ0n) is 13.2. The van der Waals surface area contributed by atoms with Gasteiger partial charge in [0.25, 0.3) is 0 Å². The number of pyridine rings is 1. The van der Waals surface area contributed by atoms with E-state index in [4.69, 9.17) is 4.98 Å². The maximum absolute atomic E-state index is 10.9. The predicted molar refractivity (Wildman–Crippen MR) is 97.0 cm³/mol. The second-order valence-corrected chi connectivity index (χ2v) is 6.30. The van der Waals surface area contributed by atoms with Crippen LogP contribution in [0.5, 0.6) is 0 Å². The van der Waals surface area contributed by atoms with E-state index in [9.17, 15) is 4.79 Å². The van der Waals surface area contributed by atoms with Gasteiger partial charge >= 0.3 is 0 Å². The molecule has 23 heavy (non-hydrogen) atoms. The fourth-order valence-electron chi connectivity index (χ4n) is 2.67. The summed E-state index contributed by atoms with van der Waals surface area (Å²) in [6, 6.07) is 12.5. The normalized spacial score (nSPS) is 10.7. The maximum Gasteiger partial charge on any atom is 0.216 e. The fraction of sp³-hybridized carbons (Fsp3) is 0.222. The second kappa shape index (κ2) is 6.79. The number of aryl methyl sites for hydroxylation is 1. The van der Waals surface area contributed by atoms with Crippen LogP contribution in [-0.2, 0) is 4.79 Å². The molecule has 0 aliphatic rings. The first-order valence-corrected chi connectivity index (χ1v) is 8.46. The molecule has 3 aromatic rings. The molecule has 2 N–H and O–H groups in total. The average Bonchev–Trinajstić information content (AvgIpc) is 3.05. The molecule has 0 saturated carbocycles. The molecule has 0 spiro atoms. The minimum absolute atomic E-state index is 0.0196. The zero-order valence-corrected chi connectivity index (χ0v) is 14.0. The van der Waals surface area contributed by atoms with Crippen molar-refractivity contribution in [1.82, 2.24) is 10.3 Å². The van der Waals surface area contributed by atoms with Crippen molar-refractivity contribution >= 4 is 33.8 Å². The number of amides is 1.